The third-order valence-corrected chi connectivity index (χ3v) is 5.51. The minimum atomic E-state index is -0.420. The molecule has 2 aromatic rings. The van der Waals surface area contributed by atoms with Gasteiger partial charge in [0.1, 0.15) is 0 Å². The minimum Gasteiger partial charge on any atom is -0.391 e. The Bertz CT molecular complexity index is 912. The zero-order chi connectivity index (χ0) is 23.8. The van der Waals surface area contributed by atoms with Crippen molar-refractivity contribution in [3.63, 3.8) is 0 Å². The van der Waals surface area contributed by atoms with Crippen molar-refractivity contribution in [3.05, 3.63) is 48.4 Å². The van der Waals surface area contributed by atoms with Gasteiger partial charge >= 0.3 is 12.1 Å². The summed E-state index contributed by atoms with van der Waals surface area (Å²) in [6.07, 6.45) is 4.83. The lowest BCUT2D eigenvalue weighted by molar-refractivity contribution is 0.109. The molecular weight excluding hydrogens is 440 g/mol. The first kappa shape index (κ1) is 24.8. The van der Waals surface area contributed by atoms with E-state index in [9.17, 15) is 9.59 Å². The average Bonchev–Trinajstić information content (AvgIpc) is 2.79. The molecule has 0 saturated carbocycles. The van der Waals surface area contributed by atoms with Gasteiger partial charge in [-0.2, -0.15) is 0 Å². The molecule has 0 atom stereocenters. The summed E-state index contributed by atoms with van der Waals surface area (Å²) in [6, 6.07) is 8.79. The predicted octanol–water partition coefficient (Wildman–Crippen LogP) is 3.39. The van der Waals surface area contributed by atoms with E-state index in [1.807, 2.05) is 45.2 Å². The van der Waals surface area contributed by atoms with Gasteiger partial charge in [0.25, 0.3) is 0 Å². The molecule has 10 heteroatoms. The highest BCUT2D eigenvalue weighted by Crippen LogP contribution is 2.19. The molecule has 1 saturated heterocycles. The minimum absolute atomic E-state index is 0.180. The van der Waals surface area contributed by atoms with E-state index in [1.165, 1.54) is 6.20 Å². The van der Waals surface area contributed by atoms with Crippen molar-refractivity contribution in [2.45, 2.75) is 39.2 Å². The van der Waals surface area contributed by atoms with Gasteiger partial charge in [0.15, 0.2) is 0 Å². The molecule has 3 amide bonds. The van der Waals surface area contributed by atoms with Gasteiger partial charge in [0, 0.05) is 49.7 Å². The first-order valence-corrected chi connectivity index (χ1v) is 11.5. The highest BCUT2D eigenvalue weighted by molar-refractivity contribution is 7.82. The standard InChI is InChI=1S/C23H32N6O3S/c1-23(2,3)26-21(30)29(33)19-9-10-20(25-17-19)32-22(31)28-15-13-27(14-16-28)12-6-8-18-7-4-5-11-24-18/h4-5,7,9-11,17,33H,6,8,12-16H2,1-3H3,(H,26,30). The van der Waals surface area contributed by atoms with Crippen molar-refractivity contribution >= 4 is 30.6 Å². The molecule has 0 unspecified atom stereocenters. The van der Waals surface area contributed by atoms with E-state index in [2.05, 4.69) is 33.0 Å². The van der Waals surface area contributed by atoms with Crippen LogP contribution in [0.3, 0.4) is 0 Å². The van der Waals surface area contributed by atoms with E-state index in [1.54, 1.807) is 17.0 Å². The third-order valence-electron chi connectivity index (χ3n) is 5.10. The van der Waals surface area contributed by atoms with E-state index in [0.29, 0.717) is 18.8 Å². The van der Waals surface area contributed by atoms with Crippen LogP contribution in [0.4, 0.5) is 15.3 Å². The number of hydrogen-bond donors (Lipinski definition) is 2. The number of nitrogens with zero attached hydrogens (tertiary/aromatic N) is 5. The Kier molecular flexibility index (Phi) is 8.51. The Labute approximate surface area is 200 Å². The van der Waals surface area contributed by atoms with Gasteiger partial charge in [0.2, 0.25) is 5.88 Å². The number of thiol groups is 1. The number of aryl methyl sites for hydroxylation is 1. The van der Waals surface area contributed by atoms with Crippen LogP contribution in [0.25, 0.3) is 0 Å². The van der Waals surface area contributed by atoms with E-state index >= 15 is 0 Å². The fourth-order valence-electron chi connectivity index (χ4n) is 3.39. The number of aromatic nitrogens is 2. The van der Waals surface area contributed by atoms with E-state index in [0.717, 1.165) is 42.5 Å². The molecule has 3 rings (SSSR count). The highest BCUT2D eigenvalue weighted by Gasteiger charge is 2.23. The van der Waals surface area contributed by atoms with Crippen LogP contribution in [-0.2, 0) is 6.42 Å². The Morgan fingerprint density at radius 1 is 1.12 bits per heavy atom. The third kappa shape index (κ3) is 7.90. The number of ether oxygens (including phenoxy) is 1. The van der Waals surface area contributed by atoms with Crippen LogP contribution in [-0.4, -0.2) is 70.2 Å². The number of carbonyl (C=O) groups excluding carboxylic acids is 2. The van der Waals surface area contributed by atoms with Crippen molar-refractivity contribution in [2.24, 2.45) is 0 Å². The van der Waals surface area contributed by atoms with Crippen LogP contribution >= 0.6 is 12.8 Å². The molecule has 1 aliphatic heterocycles. The molecule has 0 spiro atoms. The first-order chi connectivity index (χ1) is 15.7. The first-order valence-electron chi connectivity index (χ1n) is 11.1. The molecule has 1 aliphatic rings. The second-order valence-electron chi connectivity index (χ2n) is 8.97. The summed E-state index contributed by atoms with van der Waals surface area (Å²) in [5.41, 5.74) is 1.19. The summed E-state index contributed by atoms with van der Waals surface area (Å²) in [5, 5.41) is 2.82. The molecule has 1 fully saturated rings. The molecule has 0 bridgehead atoms. The Balaban J connectivity index is 1.41. The average molecular weight is 473 g/mol. The topological polar surface area (TPSA) is 90.9 Å². The molecule has 2 aromatic heterocycles. The number of hydrogen-bond acceptors (Lipinski definition) is 7. The van der Waals surface area contributed by atoms with Crippen molar-refractivity contribution in [1.29, 1.82) is 0 Å². The lowest BCUT2D eigenvalue weighted by atomic mass is 10.1. The van der Waals surface area contributed by atoms with Gasteiger partial charge in [-0.3, -0.25) is 9.88 Å². The van der Waals surface area contributed by atoms with Crippen LogP contribution < -0.4 is 14.4 Å². The Hall–Kier alpha value is -2.85. The quantitative estimate of drug-likeness (QED) is 0.627. The zero-order valence-electron chi connectivity index (χ0n) is 19.4. The molecule has 0 radical (unpaired) electrons. The summed E-state index contributed by atoms with van der Waals surface area (Å²) in [6.45, 7) is 9.46. The van der Waals surface area contributed by atoms with E-state index in [-0.39, 0.29) is 17.5 Å². The molecule has 0 aromatic carbocycles. The van der Waals surface area contributed by atoms with Crippen LogP contribution in [0.5, 0.6) is 5.88 Å². The Morgan fingerprint density at radius 2 is 1.88 bits per heavy atom. The van der Waals surface area contributed by atoms with Gasteiger partial charge in [-0.1, -0.05) is 18.9 Å². The van der Waals surface area contributed by atoms with Gasteiger partial charge in [-0.15, -0.1) is 0 Å². The summed E-state index contributed by atoms with van der Waals surface area (Å²) in [5.74, 6) is 0.180. The molecule has 3 heterocycles. The SMILES string of the molecule is CC(C)(C)NC(=O)N(S)c1ccc(OC(=O)N2CCN(CCCc3ccccn3)CC2)nc1. The summed E-state index contributed by atoms with van der Waals surface area (Å²) >= 11 is 4.22. The van der Waals surface area contributed by atoms with Gasteiger partial charge in [-0.05, 0) is 58.4 Å². The van der Waals surface area contributed by atoms with E-state index < -0.39 is 6.09 Å². The summed E-state index contributed by atoms with van der Waals surface area (Å²) in [7, 11) is 0. The summed E-state index contributed by atoms with van der Waals surface area (Å²) < 4.78 is 6.57. The second kappa shape index (κ2) is 11.3. The van der Waals surface area contributed by atoms with E-state index in [4.69, 9.17) is 4.74 Å². The normalized spacial score (nSPS) is 14.6. The number of piperazine rings is 1. The number of anilines is 1. The molecule has 178 valence electrons. The number of carbonyl (C=O) groups is 2. The molecule has 1 N–H and O–H groups in total. The lowest BCUT2D eigenvalue weighted by Crippen LogP contribution is -2.49. The zero-order valence-corrected chi connectivity index (χ0v) is 20.3. The number of nitrogens with one attached hydrogen (secondary N) is 1. The highest BCUT2D eigenvalue weighted by atomic mass is 32.1. The molecular formula is C23H32N6O3S. The number of rotatable bonds is 6. The molecule has 9 nitrogen and oxygen atoms in total. The maximum Gasteiger partial charge on any atom is 0.416 e. The second-order valence-corrected chi connectivity index (χ2v) is 9.37. The maximum absolute atomic E-state index is 12.5. The van der Waals surface area contributed by atoms with Crippen molar-refractivity contribution in [3.8, 4) is 5.88 Å². The van der Waals surface area contributed by atoms with Crippen LogP contribution in [0.15, 0.2) is 42.7 Å². The maximum atomic E-state index is 12.5. The smallest absolute Gasteiger partial charge is 0.391 e. The largest absolute Gasteiger partial charge is 0.416 e. The monoisotopic (exact) mass is 472 g/mol. The number of pyridine rings is 2. The molecule has 33 heavy (non-hydrogen) atoms. The van der Waals surface area contributed by atoms with Crippen molar-refractivity contribution in [2.75, 3.05) is 37.0 Å². The van der Waals surface area contributed by atoms with Gasteiger partial charge in [0.05, 0.1) is 11.9 Å². The Morgan fingerprint density at radius 3 is 2.48 bits per heavy atom. The summed E-state index contributed by atoms with van der Waals surface area (Å²) in [4.78, 5) is 37.2. The predicted molar refractivity (Wildman–Crippen MR) is 131 cm³/mol. The number of amides is 3. The van der Waals surface area contributed by atoms with Gasteiger partial charge < -0.3 is 15.0 Å². The number of urea groups is 1. The van der Waals surface area contributed by atoms with Crippen molar-refractivity contribution < 1.29 is 14.3 Å². The molecule has 0 aliphatic carbocycles. The fraction of sp³-hybridized carbons (Fsp3) is 0.478. The van der Waals surface area contributed by atoms with Gasteiger partial charge in [-0.25, -0.2) is 18.9 Å². The van der Waals surface area contributed by atoms with Crippen LogP contribution in [0.2, 0.25) is 0 Å². The van der Waals surface area contributed by atoms with Crippen molar-refractivity contribution in [1.82, 2.24) is 25.1 Å². The van der Waals surface area contributed by atoms with Crippen LogP contribution in [0.1, 0.15) is 32.9 Å². The lowest BCUT2D eigenvalue weighted by Gasteiger charge is -2.33. The van der Waals surface area contributed by atoms with Crippen LogP contribution in [0, 0.1) is 0 Å². The fourth-order valence-corrected chi connectivity index (χ4v) is 3.56.